The summed E-state index contributed by atoms with van der Waals surface area (Å²) >= 11 is 0. The second-order valence-electron chi connectivity index (χ2n) is 7.68. The number of nitrogens with zero attached hydrogens (tertiary/aromatic N) is 5. The molecule has 8 nitrogen and oxygen atoms in total. The minimum absolute atomic E-state index is 0.0519. The van der Waals surface area contributed by atoms with Crippen LogP contribution in [-0.2, 0) is 9.59 Å². The van der Waals surface area contributed by atoms with Crippen LogP contribution in [0, 0.1) is 0 Å². The zero-order valence-electron chi connectivity index (χ0n) is 16.1. The van der Waals surface area contributed by atoms with Crippen molar-refractivity contribution in [2.45, 2.75) is 63.6 Å². The van der Waals surface area contributed by atoms with Gasteiger partial charge in [0.15, 0.2) is 0 Å². The number of carbonyl (C=O) groups excluding carboxylic acids is 2. The van der Waals surface area contributed by atoms with Crippen LogP contribution in [0.2, 0.25) is 0 Å². The third-order valence-corrected chi connectivity index (χ3v) is 5.79. The van der Waals surface area contributed by atoms with Crippen molar-refractivity contribution in [2.24, 2.45) is 0 Å². The Hall–Kier alpha value is -2.77. The van der Waals surface area contributed by atoms with E-state index >= 15 is 0 Å². The van der Waals surface area contributed by atoms with E-state index in [9.17, 15) is 9.59 Å². The molecule has 1 saturated carbocycles. The Balaban J connectivity index is 1.29. The molecule has 0 spiro atoms. The van der Waals surface area contributed by atoms with Gasteiger partial charge in [0.1, 0.15) is 6.04 Å². The fourth-order valence-corrected chi connectivity index (χ4v) is 4.08. The van der Waals surface area contributed by atoms with Crippen molar-refractivity contribution in [1.29, 1.82) is 0 Å². The quantitative estimate of drug-likeness (QED) is 0.853. The lowest BCUT2D eigenvalue weighted by Crippen LogP contribution is -2.49. The molecule has 1 aromatic heterocycles. The highest BCUT2D eigenvalue weighted by Crippen LogP contribution is 2.28. The summed E-state index contributed by atoms with van der Waals surface area (Å²) in [6.07, 6.45) is 4.94. The van der Waals surface area contributed by atoms with Gasteiger partial charge in [0.05, 0.1) is 6.04 Å². The molecule has 2 amide bonds. The topological polar surface area (TPSA) is 93.0 Å². The molecule has 1 atom stereocenters. The molecule has 1 N–H and O–H groups in total. The summed E-state index contributed by atoms with van der Waals surface area (Å²) in [7, 11) is 0. The molecule has 28 heavy (non-hydrogen) atoms. The van der Waals surface area contributed by atoms with Crippen LogP contribution in [0.15, 0.2) is 30.3 Å². The molecule has 8 heteroatoms. The molecule has 2 fully saturated rings. The van der Waals surface area contributed by atoms with E-state index < -0.39 is 6.04 Å². The molecular weight excluding hydrogens is 356 g/mol. The van der Waals surface area contributed by atoms with E-state index in [0.717, 1.165) is 37.7 Å². The van der Waals surface area contributed by atoms with E-state index in [0.29, 0.717) is 18.8 Å². The Morgan fingerprint density at radius 1 is 1.18 bits per heavy atom. The van der Waals surface area contributed by atoms with Crippen LogP contribution in [0.4, 0.5) is 0 Å². The standard InChI is InChI=1S/C20H26N6O2/c1-14(25-13-5-8-18(25)27)20(28)21-16-9-11-17(12-10-16)26-23-19(22-24-26)15-6-3-2-4-7-15/h2-4,6-7,14,16-17H,5,8-13H2,1H3,(H,21,28). The highest BCUT2D eigenvalue weighted by Gasteiger charge is 2.31. The summed E-state index contributed by atoms with van der Waals surface area (Å²) in [5.41, 5.74) is 0.958. The van der Waals surface area contributed by atoms with Crippen molar-refractivity contribution in [2.75, 3.05) is 6.54 Å². The van der Waals surface area contributed by atoms with E-state index in [1.54, 1.807) is 9.70 Å². The van der Waals surface area contributed by atoms with Gasteiger partial charge in [-0.3, -0.25) is 9.59 Å². The van der Waals surface area contributed by atoms with E-state index in [4.69, 9.17) is 0 Å². The zero-order chi connectivity index (χ0) is 19.5. The normalized spacial score (nSPS) is 23.6. The Morgan fingerprint density at radius 2 is 1.93 bits per heavy atom. The lowest BCUT2D eigenvalue weighted by Gasteiger charge is -2.30. The number of carbonyl (C=O) groups is 2. The number of nitrogens with one attached hydrogen (secondary N) is 1. The maximum atomic E-state index is 12.5. The molecule has 148 valence electrons. The van der Waals surface area contributed by atoms with Gasteiger partial charge in [-0.15, -0.1) is 10.2 Å². The second-order valence-corrected chi connectivity index (χ2v) is 7.68. The van der Waals surface area contributed by atoms with Crippen LogP contribution in [0.5, 0.6) is 0 Å². The fraction of sp³-hybridized carbons (Fsp3) is 0.550. The number of aromatic nitrogens is 4. The van der Waals surface area contributed by atoms with Crippen molar-refractivity contribution < 1.29 is 9.59 Å². The summed E-state index contributed by atoms with van der Waals surface area (Å²) in [6.45, 7) is 2.50. The molecule has 1 saturated heterocycles. The molecule has 4 rings (SSSR count). The van der Waals surface area contributed by atoms with Gasteiger partial charge in [-0.05, 0) is 44.2 Å². The minimum Gasteiger partial charge on any atom is -0.352 e. The maximum absolute atomic E-state index is 12.5. The molecular formula is C20H26N6O2. The zero-order valence-corrected chi connectivity index (χ0v) is 16.1. The first-order chi connectivity index (χ1) is 13.6. The number of amides is 2. The van der Waals surface area contributed by atoms with E-state index in [2.05, 4.69) is 20.7 Å². The Kier molecular flexibility index (Phi) is 5.36. The van der Waals surface area contributed by atoms with E-state index in [1.165, 1.54) is 0 Å². The van der Waals surface area contributed by atoms with Crippen LogP contribution in [0.25, 0.3) is 11.4 Å². The summed E-state index contributed by atoms with van der Waals surface area (Å²) in [6, 6.07) is 9.78. The van der Waals surface area contributed by atoms with Crippen LogP contribution >= 0.6 is 0 Å². The molecule has 0 bridgehead atoms. The highest BCUT2D eigenvalue weighted by molar-refractivity contribution is 5.88. The van der Waals surface area contributed by atoms with Crippen molar-refractivity contribution in [3.63, 3.8) is 0 Å². The van der Waals surface area contributed by atoms with Crippen molar-refractivity contribution in [3.05, 3.63) is 30.3 Å². The third-order valence-electron chi connectivity index (χ3n) is 5.79. The van der Waals surface area contributed by atoms with Gasteiger partial charge in [0, 0.05) is 24.6 Å². The molecule has 1 unspecified atom stereocenters. The van der Waals surface area contributed by atoms with Crippen molar-refractivity contribution in [3.8, 4) is 11.4 Å². The lowest BCUT2D eigenvalue weighted by atomic mass is 9.91. The van der Waals surface area contributed by atoms with Gasteiger partial charge < -0.3 is 10.2 Å². The molecule has 2 heterocycles. The van der Waals surface area contributed by atoms with Crippen LogP contribution in [0.1, 0.15) is 51.5 Å². The average Bonchev–Trinajstić information content (AvgIpc) is 3.38. The molecule has 1 aliphatic heterocycles. The van der Waals surface area contributed by atoms with Gasteiger partial charge >= 0.3 is 0 Å². The van der Waals surface area contributed by atoms with Gasteiger partial charge in [-0.2, -0.15) is 4.80 Å². The lowest BCUT2D eigenvalue weighted by molar-refractivity contribution is -0.137. The molecule has 2 aromatic rings. The predicted octanol–water partition coefficient (Wildman–Crippen LogP) is 1.95. The van der Waals surface area contributed by atoms with Crippen LogP contribution in [-0.4, -0.2) is 55.5 Å². The van der Waals surface area contributed by atoms with Gasteiger partial charge in [-0.1, -0.05) is 30.3 Å². The Bertz CT molecular complexity index is 828. The highest BCUT2D eigenvalue weighted by atomic mass is 16.2. The number of tetrazole rings is 1. The smallest absolute Gasteiger partial charge is 0.242 e. The predicted molar refractivity (Wildman–Crippen MR) is 103 cm³/mol. The van der Waals surface area contributed by atoms with Crippen molar-refractivity contribution in [1.82, 2.24) is 30.4 Å². The average molecular weight is 382 g/mol. The van der Waals surface area contributed by atoms with Gasteiger partial charge in [-0.25, -0.2) is 0 Å². The van der Waals surface area contributed by atoms with Gasteiger partial charge in [0.2, 0.25) is 17.6 Å². The summed E-state index contributed by atoms with van der Waals surface area (Å²) in [5.74, 6) is 0.668. The number of likely N-dealkylation sites (tertiary alicyclic amines) is 1. The third kappa shape index (κ3) is 3.90. The summed E-state index contributed by atoms with van der Waals surface area (Å²) in [4.78, 5) is 27.8. The Morgan fingerprint density at radius 3 is 2.61 bits per heavy atom. The molecule has 1 aromatic carbocycles. The first-order valence-electron chi connectivity index (χ1n) is 10.1. The SMILES string of the molecule is CC(C(=O)NC1CCC(n2nnc(-c3ccccc3)n2)CC1)N1CCCC1=O. The maximum Gasteiger partial charge on any atom is 0.242 e. The molecule has 0 radical (unpaired) electrons. The Labute approximate surface area is 164 Å². The van der Waals surface area contributed by atoms with E-state index in [-0.39, 0.29) is 23.9 Å². The van der Waals surface area contributed by atoms with E-state index in [1.807, 2.05) is 37.3 Å². The van der Waals surface area contributed by atoms with Crippen molar-refractivity contribution >= 4 is 11.8 Å². The number of hydrogen-bond acceptors (Lipinski definition) is 5. The molecule has 2 aliphatic rings. The molecule has 1 aliphatic carbocycles. The number of rotatable bonds is 5. The van der Waals surface area contributed by atoms with Gasteiger partial charge in [0.25, 0.3) is 0 Å². The number of benzene rings is 1. The minimum atomic E-state index is -0.391. The largest absolute Gasteiger partial charge is 0.352 e. The summed E-state index contributed by atoms with van der Waals surface area (Å²) in [5, 5.41) is 16.1. The van der Waals surface area contributed by atoms with Crippen LogP contribution < -0.4 is 5.32 Å². The summed E-state index contributed by atoms with van der Waals surface area (Å²) < 4.78 is 0. The van der Waals surface area contributed by atoms with Crippen LogP contribution in [0.3, 0.4) is 0 Å². The monoisotopic (exact) mass is 382 g/mol. The number of hydrogen-bond donors (Lipinski definition) is 1. The fourth-order valence-electron chi connectivity index (χ4n) is 4.08. The second kappa shape index (κ2) is 8.08. The first kappa shape index (κ1) is 18.6. The first-order valence-corrected chi connectivity index (χ1v) is 10.1.